The van der Waals surface area contributed by atoms with Crippen molar-refractivity contribution in [3.63, 3.8) is 0 Å². The van der Waals surface area contributed by atoms with Crippen LogP contribution in [0.1, 0.15) is 38.2 Å². The van der Waals surface area contributed by atoms with E-state index in [0.717, 1.165) is 28.9 Å². The smallest absolute Gasteiger partial charge is 0.129 e. The van der Waals surface area contributed by atoms with Gasteiger partial charge in [0.25, 0.3) is 0 Å². The summed E-state index contributed by atoms with van der Waals surface area (Å²) in [6.45, 7) is 6.75. The molecule has 0 bridgehead atoms. The third kappa shape index (κ3) is 2.48. The predicted molar refractivity (Wildman–Crippen MR) is 85.0 cm³/mol. The zero-order valence-corrected chi connectivity index (χ0v) is 13.1. The largest absolute Gasteiger partial charge is 0.357 e. The van der Waals surface area contributed by atoms with Crippen LogP contribution < -0.4 is 4.90 Å². The minimum absolute atomic E-state index is 0.513. The average Bonchev–Trinajstić information content (AvgIpc) is 2.90. The number of fused-ring (bicyclic) bond motifs is 1. The zero-order valence-electron chi connectivity index (χ0n) is 11.5. The van der Waals surface area contributed by atoms with E-state index in [1.54, 1.807) is 0 Å². The second-order valence-corrected chi connectivity index (χ2v) is 6.50. The van der Waals surface area contributed by atoms with E-state index in [9.17, 15) is 0 Å². The van der Waals surface area contributed by atoms with Gasteiger partial charge in [-0.25, -0.2) is 4.98 Å². The van der Waals surface area contributed by atoms with Crippen LogP contribution in [0.25, 0.3) is 10.9 Å². The lowest BCUT2D eigenvalue weighted by atomic mass is 9.98. The SMILES string of the molecule is CC(C)c1cc(Br)cc2nc(N3CCCC3)ccc12. The van der Waals surface area contributed by atoms with Gasteiger partial charge in [-0.3, -0.25) is 0 Å². The Morgan fingerprint density at radius 3 is 2.58 bits per heavy atom. The maximum atomic E-state index is 4.86. The number of halogens is 1. The van der Waals surface area contributed by atoms with E-state index in [2.05, 4.69) is 58.9 Å². The van der Waals surface area contributed by atoms with Crippen LogP contribution in [-0.2, 0) is 0 Å². The average molecular weight is 319 g/mol. The normalized spacial score (nSPS) is 15.7. The van der Waals surface area contributed by atoms with Crippen LogP contribution in [0.15, 0.2) is 28.7 Å². The summed E-state index contributed by atoms with van der Waals surface area (Å²) in [6, 6.07) is 8.75. The Labute approximate surface area is 123 Å². The molecule has 1 aromatic carbocycles. The monoisotopic (exact) mass is 318 g/mol. The molecule has 0 amide bonds. The number of rotatable bonds is 2. The van der Waals surface area contributed by atoms with Gasteiger partial charge in [-0.15, -0.1) is 0 Å². The van der Waals surface area contributed by atoms with Gasteiger partial charge in [-0.05, 0) is 48.6 Å². The molecular formula is C16H19BrN2. The summed E-state index contributed by atoms with van der Waals surface area (Å²) in [5.41, 5.74) is 2.47. The van der Waals surface area contributed by atoms with E-state index < -0.39 is 0 Å². The number of anilines is 1. The van der Waals surface area contributed by atoms with Crippen molar-refractivity contribution in [2.45, 2.75) is 32.6 Å². The van der Waals surface area contributed by atoms with Gasteiger partial charge >= 0.3 is 0 Å². The zero-order chi connectivity index (χ0) is 13.4. The van der Waals surface area contributed by atoms with Gasteiger partial charge in [0.15, 0.2) is 0 Å². The number of nitrogens with zero attached hydrogens (tertiary/aromatic N) is 2. The highest BCUT2D eigenvalue weighted by Gasteiger charge is 2.15. The summed E-state index contributed by atoms with van der Waals surface area (Å²) >= 11 is 3.61. The predicted octanol–water partition coefficient (Wildman–Crippen LogP) is 4.72. The Morgan fingerprint density at radius 1 is 1.16 bits per heavy atom. The van der Waals surface area contributed by atoms with Crippen molar-refractivity contribution in [2.75, 3.05) is 18.0 Å². The summed E-state index contributed by atoms with van der Waals surface area (Å²) in [5.74, 6) is 1.64. The molecule has 0 atom stereocenters. The first kappa shape index (κ1) is 12.9. The minimum atomic E-state index is 0.513. The number of pyridine rings is 1. The lowest BCUT2D eigenvalue weighted by Gasteiger charge is -2.18. The summed E-state index contributed by atoms with van der Waals surface area (Å²) in [6.07, 6.45) is 2.57. The van der Waals surface area contributed by atoms with Crippen LogP contribution in [0, 0.1) is 0 Å². The third-order valence-electron chi connectivity index (χ3n) is 3.84. The molecule has 3 rings (SSSR count). The Morgan fingerprint density at radius 2 is 1.89 bits per heavy atom. The molecule has 0 radical (unpaired) electrons. The number of aromatic nitrogens is 1. The molecule has 0 N–H and O–H groups in total. The van der Waals surface area contributed by atoms with E-state index in [0.29, 0.717) is 5.92 Å². The number of benzene rings is 1. The first-order valence-corrected chi connectivity index (χ1v) is 7.79. The Hall–Kier alpha value is -1.09. The lowest BCUT2D eigenvalue weighted by Crippen LogP contribution is -2.18. The fourth-order valence-corrected chi connectivity index (χ4v) is 3.28. The van der Waals surface area contributed by atoms with Crippen molar-refractivity contribution < 1.29 is 0 Å². The summed E-state index contributed by atoms with van der Waals surface area (Å²) in [7, 11) is 0. The van der Waals surface area contributed by atoms with Crippen LogP contribution in [0.2, 0.25) is 0 Å². The molecule has 1 aliphatic heterocycles. The van der Waals surface area contributed by atoms with Crippen LogP contribution in [0.3, 0.4) is 0 Å². The third-order valence-corrected chi connectivity index (χ3v) is 4.30. The van der Waals surface area contributed by atoms with E-state index in [1.807, 2.05) is 0 Å². The van der Waals surface area contributed by atoms with Gasteiger partial charge in [-0.2, -0.15) is 0 Å². The number of hydrogen-bond acceptors (Lipinski definition) is 2. The molecule has 0 unspecified atom stereocenters. The van der Waals surface area contributed by atoms with E-state index in [-0.39, 0.29) is 0 Å². The fourth-order valence-electron chi connectivity index (χ4n) is 2.82. The Bertz CT molecular complexity index is 601. The van der Waals surface area contributed by atoms with Gasteiger partial charge in [0.2, 0.25) is 0 Å². The lowest BCUT2D eigenvalue weighted by molar-refractivity contribution is 0.874. The van der Waals surface area contributed by atoms with Crippen LogP contribution >= 0.6 is 15.9 Å². The molecule has 100 valence electrons. The highest BCUT2D eigenvalue weighted by molar-refractivity contribution is 9.10. The second-order valence-electron chi connectivity index (χ2n) is 5.58. The molecule has 19 heavy (non-hydrogen) atoms. The molecule has 0 aliphatic carbocycles. The second kappa shape index (κ2) is 5.12. The van der Waals surface area contributed by atoms with Crippen molar-refractivity contribution in [3.8, 4) is 0 Å². The van der Waals surface area contributed by atoms with Gasteiger partial charge in [0.05, 0.1) is 5.52 Å². The molecule has 3 heteroatoms. The summed E-state index contributed by atoms with van der Waals surface area (Å²) in [4.78, 5) is 7.24. The Kier molecular flexibility index (Phi) is 3.48. The summed E-state index contributed by atoms with van der Waals surface area (Å²) < 4.78 is 1.12. The molecule has 1 fully saturated rings. The molecule has 1 saturated heterocycles. The molecule has 2 nitrogen and oxygen atoms in total. The van der Waals surface area contributed by atoms with Gasteiger partial charge < -0.3 is 4.90 Å². The Balaban J connectivity index is 2.12. The minimum Gasteiger partial charge on any atom is -0.357 e. The maximum absolute atomic E-state index is 4.86. The molecule has 2 aromatic rings. The molecule has 0 spiro atoms. The van der Waals surface area contributed by atoms with Crippen molar-refractivity contribution in [2.24, 2.45) is 0 Å². The molecule has 2 heterocycles. The van der Waals surface area contributed by atoms with Crippen molar-refractivity contribution in [3.05, 3.63) is 34.3 Å². The molecule has 1 aliphatic rings. The quantitative estimate of drug-likeness (QED) is 0.796. The van der Waals surface area contributed by atoms with Gasteiger partial charge in [0, 0.05) is 22.9 Å². The van der Waals surface area contributed by atoms with Gasteiger partial charge in [0.1, 0.15) is 5.82 Å². The van der Waals surface area contributed by atoms with E-state index in [4.69, 9.17) is 4.98 Å². The van der Waals surface area contributed by atoms with E-state index in [1.165, 1.54) is 23.8 Å². The molecule has 1 aromatic heterocycles. The topological polar surface area (TPSA) is 16.1 Å². The fraction of sp³-hybridized carbons (Fsp3) is 0.438. The van der Waals surface area contributed by atoms with Crippen molar-refractivity contribution >= 4 is 32.7 Å². The van der Waals surface area contributed by atoms with Crippen LogP contribution in [-0.4, -0.2) is 18.1 Å². The number of hydrogen-bond donors (Lipinski definition) is 0. The first-order chi connectivity index (χ1) is 9.15. The van der Waals surface area contributed by atoms with Crippen molar-refractivity contribution in [1.29, 1.82) is 0 Å². The van der Waals surface area contributed by atoms with Crippen LogP contribution in [0.5, 0.6) is 0 Å². The van der Waals surface area contributed by atoms with Crippen LogP contribution in [0.4, 0.5) is 5.82 Å². The highest BCUT2D eigenvalue weighted by Crippen LogP contribution is 2.30. The first-order valence-electron chi connectivity index (χ1n) is 7.00. The van der Waals surface area contributed by atoms with E-state index >= 15 is 0 Å². The highest BCUT2D eigenvalue weighted by atomic mass is 79.9. The van der Waals surface area contributed by atoms with Gasteiger partial charge in [-0.1, -0.05) is 29.8 Å². The maximum Gasteiger partial charge on any atom is 0.129 e. The standard InChI is InChI=1S/C16H19BrN2/c1-11(2)14-9-12(17)10-15-13(14)5-6-16(18-15)19-7-3-4-8-19/h5-6,9-11H,3-4,7-8H2,1-2H3. The summed E-state index contributed by atoms with van der Waals surface area (Å²) in [5, 5.41) is 1.28. The van der Waals surface area contributed by atoms with Crippen molar-refractivity contribution in [1.82, 2.24) is 4.98 Å². The molecule has 0 saturated carbocycles. The molecular weight excluding hydrogens is 300 g/mol.